The van der Waals surface area contributed by atoms with Gasteiger partial charge in [0.2, 0.25) is 0 Å². The van der Waals surface area contributed by atoms with Crippen LogP contribution >= 0.6 is 15.9 Å². The summed E-state index contributed by atoms with van der Waals surface area (Å²) in [6, 6.07) is 3.59. The molecule has 0 unspecified atom stereocenters. The Morgan fingerprint density at radius 1 is 1.41 bits per heavy atom. The number of rotatable bonds is 1. The lowest BCUT2D eigenvalue weighted by Crippen LogP contribution is -2.45. The van der Waals surface area contributed by atoms with Gasteiger partial charge in [-0.1, -0.05) is 0 Å². The van der Waals surface area contributed by atoms with Crippen molar-refractivity contribution in [3.8, 4) is 0 Å². The largest absolute Gasteiger partial charge is 0.465 e. The summed E-state index contributed by atoms with van der Waals surface area (Å²) in [4.78, 5) is 16.3. The van der Waals surface area contributed by atoms with Gasteiger partial charge in [-0.2, -0.15) is 0 Å². The van der Waals surface area contributed by atoms with Crippen molar-refractivity contribution >= 4 is 22.0 Å². The van der Waals surface area contributed by atoms with Gasteiger partial charge in [0.05, 0.1) is 5.69 Å². The molecule has 0 atom stereocenters. The number of likely N-dealkylation sites (tertiary alicyclic amines) is 1. The number of hydrogen-bond donors (Lipinski definition) is 2. The molecule has 1 aliphatic heterocycles. The molecule has 0 radical (unpaired) electrons. The fourth-order valence-corrected chi connectivity index (χ4v) is 2.21. The monoisotopic (exact) mass is 300 g/mol. The van der Waals surface area contributed by atoms with E-state index in [1.54, 1.807) is 12.3 Å². The van der Waals surface area contributed by atoms with Crippen molar-refractivity contribution in [3.05, 3.63) is 28.5 Å². The van der Waals surface area contributed by atoms with E-state index in [1.807, 2.05) is 6.07 Å². The average molecular weight is 301 g/mol. The van der Waals surface area contributed by atoms with Gasteiger partial charge in [-0.05, 0) is 40.9 Å². The van der Waals surface area contributed by atoms with Crippen LogP contribution in [0.2, 0.25) is 0 Å². The number of aromatic nitrogens is 1. The number of carbonyl (C=O) groups is 1. The number of piperidine rings is 1. The SMILES string of the molecule is O=C(O)N1CCC(O)(c2ccc(Br)cn2)CC1. The minimum atomic E-state index is -1.01. The van der Waals surface area contributed by atoms with Crippen LogP contribution in [0.5, 0.6) is 0 Å². The minimum absolute atomic E-state index is 0.337. The lowest BCUT2D eigenvalue weighted by Gasteiger charge is -2.36. The normalized spacial score (nSPS) is 19.1. The van der Waals surface area contributed by atoms with Crippen molar-refractivity contribution in [2.24, 2.45) is 0 Å². The topological polar surface area (TPSA) is 73.7 Å². The predicted octanol–water partition coefficient (Wildman–Crippen LogP) is 1.81. The van der Waals surface area contributed by atoms with Crippen LogP contribution in [0.3, 0.4) is 0 Å². The number of aliphatic hydroxyl groups is 1. The van der Waals surface area contributed by atoms with Crippen LogP contribution in [0.4, 0.5) is 4.79 Å². The molecule has 2 heterocycles. The molecule has 2 N–H and O–H groups in total. The number of pyridine rings is 1. The average Bonchev–Trinajstić information content (AvgIpc) is 2.30. The lowest BCUT2D eigenvalue weighted by atomic mass is 9.88. The van der Waals surface area contributed by atoms with E-state index in [0.717, 1.165) is 4.47 Å². The van der Waals surface area contributed by atoms with E-state index in [4.69, 9.17) is 5.11 Å². The molecule has 1 amide bonds. The Morgan fingerprint density at radius 2 is 2.06 bits per heavy atom. The third kappa shape index (κ3) is 2.58. The summed E-state index contributed by atoms with van der Waals surface area (Å²) in [6.07, 6.45) is 1.47. The van der Waals surface area contributed by atoms with E-state index in [9.17, 15) is 9.90 Å². The summed E-state index contributed by atoms with van der Waals surface area (Å²) in [5, 5.41) is 19.3. The third-order valence-corrected chi connectivity index (χ3v) is 3.53. The van der Waals surface area contributed by atoms with Crippen LogP contribution in [0.1, 0.15) is 18.5 Å². The summed E-state index contributed by atoms with van der Waals surface area (Å²) in [6.45, 7) is 0.674. The summed E-state index contributed by atoms with van der Waals surface area (Å²) in [7, 11) is 0. The fourth-order valence-electron chi connectivity index (χ4n) is 1.98. The standard InChI is InChI=1S/C11H13BrN2O3/c12-8-1-2-9(13-7-8)11(17)3-5-14(6-4-11)10(15)16/h1-2,7,17H,3-6H2,(H,15,16). The second kappa shape index (κ2) is 4.62. The quantitative estimate of drug-likeness (QED) is 0.829. The molecular weight excluding hydrogens is 288 g/mol. The Morgan fingerprint density at radius 3 is 2.53 bits per heavy atom. The van der Waals surface area contributed by atoms with E-state index < -0.39 is 11.7 Å². The number of nitrogens with zero attached hydrogens (tertiary/aromatic N) is 2. The van der Waals surface area contributed by atoms with Gasteiger partial charge < -0.3 is 15.1 Å². The molecule has 0 aliphatic carbocycles. The molecule has 17 heavy (non-hydrogen) atoms. The molecule has 0 aromatic carbocycles. The second-order valence-corrected chi connectivity index (χ2v) is 5.08. The van der Waals surface area contributed by atoms with Crippen LogP contribution in [0, 0.1) is 0 Å². The van der Waals surface area contributed by atoms with Gasteiger partial charge in [0.25, 0.3) is 0 Å². The Kier molecular flexibility index (Phi) is 3.35. The highest BCUT2D eigenvalue weighted by Gasteiger charge is 2.36. The van der Waals surface area contributed by atoms with Crippen LogP contribution in [0.25, 0.3) is 0 Å². The van der Waals surface area contributed by atoms with Crippen LogP contribution in [0.15, 0.2) is 22.8 Å². The molecule has 5 nitrogen and oxygen atoms in total. The van der Waals surface area contributed by atoms with Gasteiger partial charge in [-0.3, -0.25) is 4.98 Å². The van der Waals surface area contributed by atoms with Crippen LogP contribution in [-0.2, 0) is 5.60 Å². The molecule has 1 aliphatic rings. The van der Waals surface area contributed by atoms with E-state index in [-0.39, 0.29) is 0 Å². The van der Waals surface area contributed by atoms with Gasteiger partial charge in [0.1, 0.15) is 5.60 Å². The molecule has 1 saturated heterocycles. The smallest absolute Gasteiger partial charge is 0.407 e. The predicted molar refractivity (Wildman–Crippen MR) is 64.7 cm³/mol. The number of carboxylic acid groups (broad SMARTS) is 1. The molecule has 0 bridgehead atoms. The summed E-state index contributed by atoms with van der Waals surface area (Å²) in [5.41, 5.74) is -0.405. The van der Waals surface area contributed by atoms with Crippen molar-refractivity contribution in [3.63, 3.8) is 0 Å². The maximum Gasteiger partial charge on any atom is 0.407 e. The minimum Gasteiger partial charge on any atom is -0.465 e. The number of hydrogen-bond acceptors (Lipinski definition) is 3. The Balaban J connectivity index is 2.11. The maximum atomic E-state index is 10.8. The Labute approximate surface area is 107 Å². The van der Waals surface area contributed by atoms with Crippen LogP contribution < -0.4 is 0 Å². The first-order valence-electron chi connectivity index (χ1n) is 5.33. The zero-order valence-electron chi connectivity index (χ0n) is 9.14. The molecule has 92 valence electrons. The molecule has 1 aromatic heterocycles. The lowest BCUT2D eigenvalue weighted by molar-refractivity contribution is -0.0247. The van der Waals surface area contributed by atoms with Crippen LogP contribution in [-0.4, -0.2) is 39.3 Å². The molecular formula is C11H13BrN2O3. The molecule has 2 rings (SSSR count). The van der Waals surface area contributed by atoms with E-state index in [0.29, 0.717) is 31.6 Å². The van der Waals surface area contributed by atoms with Gasteiger partial charge in [-0.15, -0.1) is 0 Å². The van der Waals surface area contributed by atoms with Crippen molar-refractivity contribution in [2.45, 2.75) is 18.4 Å². The van der Waals surface area contributed by atoms with Gasteiger partial charge in [-0.25, -0.2) is 4.79 Å². The first-order valence-corrected chi connectivity index (χ1v) is 6.13. The highest BCUT2D eigenvalue weighted by Crippen LogP contribution is 2.31. The highest BCUT2D eigenvalue weighted by molar-refractivity contribution is 9.10. The second-order valence-electron chi connectivity index (χ2n) is 4.16. The zero-order valence-corrected chi connectivity index (χ0v) is 10.7. The highest BCUT2D eigenvalue weighted by atomic mass is 79.9. The zero-order chi connectivity index (χ0) is 12.5. The Hall–Kier alpha value is -1.14. The third-order valence-electron chi connectivity index (χ3n) is 3.07. The molecule has 0 saturated carbocycles. The first-order chi connectivity index (χ1) is 8.01. The van der Waals surface area contributed by atoms with Crippen molar-refractivity contribution in [1.29, 1.82) is 0 Å². The Bertz CT molecular complexity index is 413. The van der Waals surface area contributed by atoms with E-state index in [1.165, 1.54) is 4.90 Å². The van der Waals surface area contributed by atoms with Gasteiger partial charge >= 0.3 is 6.09 Å². The molecule has 0 spiro atoms. The first kappa shape index (κ1) is 12.3. The van der Waals surface area contributed by atoms with E-state index >= 15 is 0 Å². The van der Waals surface area contributed by atoms with Gasteiger partial charge in [0.15, 0.2) is 0 Å². The summed E-state index contributed by atoms with van der Waals surface area (Å²) >= 11 is 3.29. The maximum absolute atomic E-state index is 10.8. The van der Waals surface area contributed by atoms with E-state index in [2.05, 4.69) is 20.9 Å². The van der Waals surface area contributed by atoms with Gasteiger partial charge in [0, 0.05) is 23.8 Å². The molecule has 1 fully saturated rings. The molecule has 6 heteroatoms. The summed E-state index contributed by atoms with van der Waals surface area (Å²) in [5.74, 6) is 0. The van der Waals surface area contributed by atoms with Crippen molar-refractivity contribution in [1.82, 2.24) is 9.88 Å². The van der Waals surface area contributed by atoms with Crippen molar-refractivity contribution in [2.75, 3.05) is 13.1 Å². The number of halogens is 1. The fraction of sp³-hybridized carbons (Fsp3) is 0.455. The van der Waals surface area contributed by atoms with Crippen molar-refractivity contribution < 1.29 is 15.0 Å². The molecule has 1 aromatic rings. The summed E-state index contributed by atoms with van der Waals surface area (Å²) < 4.78 is 0.854. The number of amides is 1.